The SMILES string of the molecule is O=c1c(C#Cc2cc(O)cc(O)c2)coc2ccccc12. The molecule has 0 radical (unpaired) electrons. The second kappa shape index (κ2) is 5.06. The van der Waals surface area contributed by atoms with Crippen molar-refractivity contribution in [3.05, 3.63) is 70.1 Å². The Bertz CT molecular complexity index is 922. The number of phenolic OH excluding ortho intramolecular Hbond substituents is 2. The van der Waals surface area contributed by atoms with E-state index in [1.807, 2.05) is 0 Å². The van der Waals surface area contributed by atoms with Gasteiger partial charge in [0.25, 0.3) is 0 Å². The summed E-state index contributed by atoms with van der Waals surface area (Å²) < 4.78 is 5.36. The number of hydrogen-bond donors (Lipinski definition) is 2. The number of phenols is 2. The van der Waals surface area contributed by atoms with Gasteiger partial charge in [0.15, 0.2) is 0 Å². The fourth-order valence-electron chi connectivity index (χ4n) is 1.97. The first-order valence-corrected chi connectivity index (χ1v) is 6.19. The van der Waals surface area contributed by atoms with Crippen LogP contribution in [-0.4, -0.2) is 10.2 Å². The first kappa shape index (κ1) is 12.8. The Morgan fingerprint density at radius 1 is 0.952 bits per heavy atom. The molecule has 0 aliphatic carbocycles. The van der Waals surface area contributed by atoms with Gasteiger partial charge < -0.3 is 14.6 Å². The van der Waals surface area contributed by atoms with E-state index in [0.29, 0.717) is 16.5 Å². The van der Waals surface area contributed by atoms with Gasteiger partial charge in [-0.2, -0.15) is 0 Å². The standard InChI is InChI=1S/C17H10O4/c18-13-7-11(8-14(19)9-13)5-6-12-10-21-16-4-2-1-3-15(16)17(12)20/h1-4,7-10,18-19H. The van der Waals surface area contributed by atoms with Crippen LogP contribution in [0.15, 0.2) is 57.9 Å². The van der Waals surface area contributed by atoms with E-state index in [9.17, 15) is 15.0 Å². The molecule has 21 heavy (non-hydrogen) atoms. The molecule has 0 unspecified atom stereocenters. The Morgan fingerprint density at radius 3 is 2.43 bits per heavy atom. The number of benzene rings is 2. The van der Waals surface area contributed by atoms with Crippen LogP contribution in [0.3, 0.4) is 0 Å². The minimum Gasteiger partial charge on any atom is -0.508 e. The van der Waals surface area contributed by atoms with Gasteiger partial charge in [0.05, 0.1) is 5.39 Å². The summed E-state index contributed by atoms with van der Waals surface area (Å²) in [6.45, 7) is 0. The summed E-state index contributed by atoms with van der Waals surface area (Å²) in [7, 11) is 0. The van der Waals surface area contributed by atoms with Crippen molar-refractivity contribution in [1.82, 2.24) is 0 Å². The summed E-state index contributed by atoms with van der Waals surface area (Å²) in [6.07, 6.45) is 1.31. The first-order chi connectivity index (χ1) is 10.1. The Hall–Kier alpha value is -3.19. The highest BCUT2D eigenvalue weighted by Gasteiger charge is 2.04. The van der Waals surface area contributed by atoms with Crippen molar-refractivity contribution >= 4 is 11.0 Å². The van der Waals surface area contributed by atoms with Gasteiger partial charge in [0.2, 0.25) is 5.43 Å². The highest BCUT2D eigenvalue weighted by molar-refractivity contribution is 5.77. The van der Waals surface area contributed by atoms with Gasteiger partial charge in [-0.1, -0.05) is 24.0 Å². The van der Waals surface area contributed by atoms with Crippen LogP contribution in [-0.2, 0) is 0 Å². The molecule has 0 spiro atoms. The fourth-order valence-corrected chi connectivity index (χ4v) is 1.97. The van der Waals surface area contributed by atoms with Crippen LogP contribution in [0, 0.1) is 11.8 Å². The number of fused-ring (bicyclic) bond motifs is 1. The zero-order valence-electron chi connectivity index (χ0n) is 10.8. The van der Waals surface area contributed by atoms with Crippen LogP contribution >= 0.6 is 0 Å². The van der Waals surface area contributed by atoms with Crippen LogP contribution in [0.5, 0.6) is 11.5 Å². The summed E-state index contributed by atoms with van der Waals surface area (Å²) in [6, 6.07) is 10.9. The Labute approximate surface area is 119 Å². The van der Waals surface area contributed by atoms with Gasteiger partial charge in [-0.15, -0.1) is 0 Å². The zero-order valence-corrected chi connectivity index (χ0v) is 10.8. The van der Waals surface area contributed by atoms with Crippen LogP contribution in [0.1, 0.15) is 11.1 Å². The summed E-state index contributed by atoms with van der Waals surface area (Å²) in [5, 5.41) is 19.2. The van der Waals surface area contributed by atoms with Gasteiger partial charge in [0, 0.05) is 11.6 Å². The summed E-state index contributed by atoms with van der Waals surface area (Å²) in [4.78, 5) is 12.2. The summed E-state index contributed by atoms with van der Waals surface area (Å²) >= 11 is 0. The maximum absolute atomic E-state index is 12.2. The molecule has 3 rings (SSSR count). The van der Waals surface area contributed by atoms with Crippen molar-refractivity contribution in [3.8, 4) is 23.3 Å². The summed E-state index contributed by atoms with van der Waals surface area (Å²) in [5.41, 5.74) is 0.911. The normalized spacial score (nSPS) is 10.1. The number of hydrogen-bond acceptors (Lipinski definition) is 4. The maximum Gasteiger partial charge on any atom is 0.208 e. The second-order valence-corrected chi connectivity index (χ2v) is 4.46. The van der Waals surface area contributed by atoms with Crippen molar-refractivity contribution in [2.24, 2.45) is 0 Å². The quantitative estimate of drug-likeness (QED) is 0.620. The topological polar surface area (TPSA) is 70.7 Å². The Morgan fingerprint density at radius 2 is 1.67 bits per heavy atom. The van der Waals surface area contributed by atoms with Crippen molar-refractivity contribution in [3.63, 3.8) is 0 Å². The van der Waals surface area contributed by atoms with E-state index in [2.05, 4.69) is 11.8 Å². The van der Waals surface area contributed by atoms with E-state index in [1.54, 1.807) is 24.3 Å². The van der Waals surface area contributed by atoms with Gasteiger partial charge >= 0.3 is 0 Å². The average molecular weight is 278 g/mol. The molecule has 1 aromatic heterocycles. The van der Waals surface area contributed by atoms with Crippen molar-refractivity contribution in [1.29, 1.82) is 0 Å². The maximum atomic E-state index is 12.2. The third-order valence-electron chi connectivity index (χ3n) is 2.92. The molecule has 0 aliphatic rings. The van der Waals surface area contributed by atoms with Crippen LogP contribution < -0.4 is 5.43 Å². The molecule has 0 fully saturated rings. The molecule has 2 aromatic carbocycles. The van der Waals surface area contributed by atoms with Gasteiger partial charge in [-0.05, 0) is 24.3 Å². The second-order valence-electron chi connectivity index (χ2n) is 4.46. The molecular weight excluding hydrogens is 268 g/mol. The van der Waals surface area contributed by atoms with Crippen LogP contribution in [0.4, 0.5) is 0 Å². The molecule has 102 valence electrons. The third kappa shape index (κ3) is 2.58. The predicted octanol–water partition coefficient (Wildman–Crippen LogP) is 2.60. The van der Waals surface area contributed by atoms with Gasteiger partial charge in [-0.3, -0.25) is 4.79 Å². The minimum atomic E-state index is -0.214. The molecule has 2 N–H and O–H groups in total. The molecule has 4 heteroatoms. The molecular formula is C17H10O4. The monoisotopic (exact) mass is 278 g/mol. The van der Waals surface area contributed by atoms with E-state index in [0.717, 1.165) is 0 Å². The molecule has 0 atom stereocenters. The average Bonchev–Trinajstić information content (AvgIpc) is 2.46. The Balaban J connectivity index is 2.09. The highest BCUT2D eigenvalue weighted by atomic mass is 16.3. The van der Waals surface area contributed by atoms with E-state index in [1.165, 1.54) is 24.5 Å². The lowest BCUT2D eigenvalue weighted by Crippen LogP contribution is -2.05. The molecule has 3 aromatic rings. The molecule has 0 aliphatic heterocycles. The van der Waals surface area contributed by atoms with Gasteiger partial charge in [-0.25, -0.2) is 0 Å². The molecule has 0 saturated carbocycles. The molecule has 0 amide bonds. The van der Waals surface area contributed by atoms with Crippen molar-refractivity contribution in [2.45, 2.75) is 0 Å². The fraction of sp³-hybridized carbons (Fsp3) is 0. The number of aromatic hydroxyl groups is 2. The lowest BCUT2D eigenvalue weighted by Gasteiger charge is -1.97. The van der Waals surface area contributed by atoms with Crippen LogP contribution in [0.2, 0.25) is 0 Å². The highest BCUT2D eigenvalue weighted by Crippen LogP contribution is 2.19. The van der Waals surface area contributed by atoms with E-state index in [-0.39, 0.29) is 22.5 Å². The molecule has 4 nitrogen and oxygen atoms in total. The minimum absolute atomic E-state index is 0.0927. The van der Waals surface area contributed by atoms with Crippen LogP contribution in [0.25, 0.3) is 11.0 Å². The first-order valence-electron chi connectivity index (χ1n) is 6.19. The van der Waals surface area contributed by atoms with Gasteiger partial charge in [0.1, 0.15) is 28.9 Å². The van der Waals surface area contributed by atoms with E-state index >= 15 is 0 Å². The van der Waals surface area contributed by atoms with Crippen molar-refractivity contribution < 1.29 is 14.6 Å². The smallest absolute Gasteiger partial charge is 0.208 e. The zero-order chi connectivity index (χ0) is 14.8. The molecule has 0 saturated heterocycles. The van der Waals surface area contributed by atoms with E-state index < -0.39 is 0 Å². The molecule has 1 heterocycles. The van der Waals surface area contributed by atoms with E-state index in [4.69, 9.17) is 4.42 Å². The molecule has 0 bridgehead atoms. The Kier molecular flexibility index (Phi) is 3.09. The largest absolute Gasteiger partial charge is 0.508 e. The lowest BCUT2D eigenvalue weighted by atomic mass is 10.1. The predicted molar refractivity (Wildman–Crippen MR) is 78.2 cm³/mol. The number of rotatable bonds is 0. The number of para-hydroxylation sites is 1. The lowest BCUT2D eigenvalue weighted by molar-refractivity contribution is 0.450. The van der Waals surface area contributed by atoms with Crippen molar-refractivity contribution in [2.75, 3.05) is 0 Å². The summed E-state index contributed by atoms with van der Waals surface area (Å²) in [5.74, 6) is 5.23. The third-order valence-corrected chi connectivity index (χ3v) is 2.92.